The first kappa shape index (κ1) is 11.3. The molecule has 2 rings (SSSR count). The number of hydrogen-bond donors (Lipinski definition) is 1. The van der Waals surface area contributed by atoms with Crippen LogP contribution in [0.5, 0.6) is 5.88 Å². The van der Waals surface area contributed by atoms with Crippen LogP contribution in [-0.2, 0) is 6.54 Å². The van der Waals surface area contributed by atoms with Crippen LogP contribution < -0.4 is 10.1 Å². The Morgan fingerprint density at radius 3 is 2.76 bits per heavy atom. The third-order valence-electron chi connectivity index (χ3n) is 2.14. The quantitative estimate of drug-likeness (QED) is 0.852. The van der Waals surface area contributed by atoms with Gasteiger partial charge in [-0.15, -0.1) is 0 Å². The Hall–Kier alpha value is -2.24. The largest absolute Gasteiger partial charge is 0.481 e. The smallest absolute Gasteiger partial charge is 0.218 e. The van der Waals surface area contributed by atoms with Crippen LogP contribution in [0.15, 0.2) is 24.8 Å². The second-order valence-corrected chi connectivity index (χ2v) is 3.45. The first-order valence-electron chi connectivity index (χ1n) is 5.15. The van der Waals surface area contributed by atoms with E-state index < -0.39 is 0 Å². The van der Waals surface area contributed by atoms with E-state index in [-0.39, 0.29) is 0 Å². The SMILES string of the molecule is COc1cc(NCc2cnc(C)cn2)ncn1. The maximum Gasteiger partial charge on any atom is 0.218 e. The normalized spacial score (nSPS) is 10.0. The molecule has 0 aromatic carbocycles. The topological polar surface area (TPSA) is 72.8 Å². The molecule has 0 aliphatic rings. The molecule has 2 heterocycles. The summed E-state index contributed by atoms with van der Waals surface area (Å²) >= 11 is 0. The van der Waals surface area contributed by atoms with Gasteiger partial charge in [-0.2, -0.15) is 0 Å². The summed E-state index contributed by atoms with van der Waals surface area (Å²) in [6, 6.07) is 1.72. The van der Waals surface area contributed by atoms with Crippen LogP contribution in [0, 0.1) is 6.92 Å². The third kappa shape index (κ3) is 3.10. The van der Waals surface area contributed by atoms with Crippen molar-refractivity contribution in [2.75, 3.05) is 12.4 Å². The van der Waals surface area contributed by atoms with E-state index in [1.165, 1.54) is 6.33 Å². The Kier molecular flexibility index (Phi) is 3.44. The monoisotopic (exact) mass is 231 g/mol. The van der Waals surface area contributed by atoms with Crippen molar-refractivity contribution in [3.63, 3.8) is 0 Å². The van der Waals surface area contributed by atoms with E-state index in [4.69, 9.17) is 4.74 Å². The number of anilines is 1. The summed E-state index contributed by atoms with van der Waals surface area (Å²) in [6.07, 6.45) is 4.92. The number of ether oxygens (including phenoxy) is 1. The highest BCUT2D eigenvalue weighted by Gasteiger charge is 1.99. The van der Waals surface area contributed by atoms with Crippen molar-refractivity contribution in [3.8, 4) is 5.88 Å². The Balaban J connectivity index is 1.99. The van der Waals surface area contributed by atoms with Gasteiger partial charge >= 0.3 is 0 Å². The van der Waals surface area contributed by atoms with Crippen molar-refractivity contribution >= 4 is 5.82 Å². The Bertz CT molecular complexity index is 485. The van der Waals surface area contributed by atoms with Crippen LogP contribution in [0.4, 0.5) is 5.82 Å². The van der Waals surface area contributed by atoms with Gasteiger partial charge in [0, 0.05) is 12.3 Å². The van der Waals surface area contributed by atoms with Gasteiger partial charge < -0.3 is 10.1 Å². The highest BCUT2D eigenvalue weighted by atomic mass is 16.5. The zero-order valence-electron chi connectivity index (χ0n) is 9.71. The van der Waals surface area contributed by atoms with E-state index >= 15 is 0 Å². The highest BCUT2D eigenvalue weighted by molar-refractivity contribution is 5.37. The van der Waals surface area contributed by atoms with Gasteiger partial charge in [0.1, 0.15) is 12.1 Å². The molecule has 0 unspecified atom stereocenters. The molecule has 0 amide bonds. The Labute approximate surface area is 99.1 Å². The third-order valence-corrected chi connectivity index (χ3v) is 2.14. The molecule has 0 aliphatic carbocycles. The molecule has 0 saturated heterocycles. The van der Waals surface area contributed by atoms with Crippen molar-refractivity contribution in [1.29, 1.82) is 0 Å². The van der Waals surface area contributed by atoms with Crippen molar-refractivity contribution in [2.24, 2.45) is 0 Å². The van der Waals surface area contributed by atoms with Crippen LogP contribution in [0.3, 0.4) is 0 Å². The lowest BCUT2D eigenvalue weighted by atomic mass is 10.4. The Morgan fingerprint density at radius 1 is 1.18 bits per heavy atom. The molecule has 0 aliphatic heterocycles. The first-order valence-corrected chi connectivity index (χ1v) is 5.15. The van der Waals surface area contributed by atoms with Crippen LogP contribution >= 0.6 is 0 Å². The average Bonchev–Trinajstić information content (AvgIpc) is 2.38. The zero-order valence-corrected chi connectivity index (χ0v) is 9.71. The van der Waals surface area contributed by atoms with E-state index in [9.17, 15) is 0 Å². The van der Waals surface area contributed by atoms with Crippen molar-refractivity contribution in [3.05, 3.63) is 36.2 Å². The van der Waals surface area contributed by atoms with Gasteiger partial charge in [-0.3, -0.25) is 9.97 Å². The van der Waals surface area contributed by atoms with E-state index in [1.807, 2.05) is 6.92 Å². The molecule has 6 heteroatoms. The maximum atomic E-state index is 5.00. The molecule has 17 heavy (non-hydrogen) atoms. The minimum Gasteiger partial charge on any atom is -0.481 e. The van der Waals surface area contributed by atoms with Gasteiger partial charge in [0.05, 0.1) is 31.2 Å². The van der Waals surface area contributed by atoms with Crippen LogP contribution in [0.2, 0.25) is 0 Å². The molecule has 0 bridgehead atoms. The number of aryl methyl sites for hydroxylation is 1. The second kappa shape index (κ2) is 5.20. The molecule has 0 spiro atoms. The van der Waals surface area contributed by atoms with Crippen LogP contribution in [0.1, 0.15) is 11.4 Å². The van der Waals surface area contributed by atoms with E-state index in [1.54, 1.807) is 25.6 Å². The fraction of sp³-hybridized carbons (Fsp3) is 0.273. The minimum absolute atomic E-state index is 0.525. The zero-order chi connectivity index (χ0) is 12.1. The van der Waals surface area contributed by atoms with Crippen LogP contribution in [0.25, 0.3) is 0 Å². The number of hydrogen-bond acceptors (Lipinski definition) is 6. The van der Waals surface area contributed by atoms with E-state index in [0.29, 0.717) is 18.2 Å². The molecule has 1 N–H and O–H groups in total. The summed E-state index contributed by atoms with van der Waals surface area (Å²) in [4.78, 5) is 16.4. The van der Waals surface area contributed by atoms with Gasteiger partial charge in [-0.1, -0.05) is 0 Å². The van der Waals surface area contributed by atoms with Gasteiger partial charge in [0.25, 0.3) is 0 Å². The lowest BCUT2D eigenvalue weighted by Gasteiger charge is -2.05. The second-order valence-electron chi connectivity index (χ2n) is 3.45. The maximum absolute atomic E-state index is 5.00. The van der Waals surface area contributed by atoms with Crippen LogP contribution in [-0.4, -0.2) is 27.0 Å². The number of rotatable bonds is 4. The van der Waals surface area contributed by atoms with E-state index in [2.05, 4.69) is 25.3 Å². The molecule has 0 atom stereocenters. The van der Waals surface area contributed by atoms with Gasteiger partial charge in [-0.25, -0.2) is 9.97 Å². The molecule has 2 aromatic rings. The summed E-state index contributed by atoms with van der Waals surface area (Å²) in [5.41, 5.74) is 1.76. The fourth-order valence-electron chi connectivity index (χ4n) is 1.24. The summed E-state index contributed by atoms with van der Waals surface area (Å²) in [6.45, 7) is 2.47. The number of nitrogens with one attached hydrogen (secondary N) is 1. The molecular weight excluding hydrogens is 218 g/mol. The highest BCUT2D eigenvalue weighted by Crippen LogP contribution is 2.10. The standard InChI is InChI=1S/C11H13N5O/c1-8-4-13-9(5-12-8)6-14-10-3-11(17-2)16-7-15-10/h3-5,7H,6H2,1-2H3,(H,14,15,16). The lowest BCUT2D eigenvalue weighted by Crippen LogP contribution is -2.04. The molecule has 0 fully saturated rings. The van der Waals surface area contributed by atoms with Crippen molar-refractivity contribution in [2.45, 2.75) is 13.5 Å². The first-order chi connectivity index (χ1) is 8.28. The summed E-state index contributed by atoms with van der Waals surface area (Å²) in [5, 5.41) is 3.12. The summed E-state index contributed by atoms with van der Waals surface area (Å²) < 4.78 is 5.00. The molecule has 6 nitrogen and oxygen atoms in total. The molecule has 2 aromatic heterocycles. The van der Waals surface area contributed by atoms with Crippen molar-refractivity contribution < 1.29 is 4.74 Å². The van der Waals surface area contributed by atoms with E-state index in [0.717, 1.165) is 11.4 Å². The molecule has 0 radical (unpaired) electrons. The Morgan fingerprint density at radius 2 is 2.06 bits per heavy atom. The molecular formula is C11H13N5O. The number of nitrogens with zero attached hydrogens (tertiary/aromatic N) is 4. The predicted octanol–water partition coefficient (Wildman–Crippen LogP) is 1.20. The fourth-order valence-corrected chi connectivity index (χ4v) is 1.24. The molecule has 88 valence electrons. The number of aromatic nitrogens is 4. The van der Waals surface area contributed by atoms with Gasteiger partial charge in [0.2, 0.25) is 5.88 Å². The predicted molar refractivity (Wildman–Crippen MR) is 62.7 cm³/mol. The minimum atomic E-state index is 0.525. The number of methoxy groups -OCH3 is 1. The van der Waals surface area contributed by atoms with Gasteiger partial charge in [0.15, 0.2) is 0 Å². The van der Waals surface area contributed by atoms with Gasteiger partial charge in [-0.05, 0) is 6.92 Å². The summed E-state index contributed by atoms with van der Waals surface area (Å²) in [5.74, 6) is 1.22. The summed E-state index contributed by atoms with van der Waals surface area (Å²) in [7, 11) is 1.57. The molecule has 0 saturated carbocycles. The average molecular weight is 231 g/mol. The lowest BCUT2D eigenvalue weighted by molar-refractivity contribution is 0.397. The van der Waals surface area contributed by atoms with Crippen molar-refractivity contribution in [1.82, 2.24) is 19.9 Å².